The van der Waals surface area contributed by atoms with Gasteiger partial charge in [0.25, 0.3) is 0 Å². The highest BCUT2D eigenvalue weighted by Gasteiger charge is 2.33. The third-order valence-electron chi connectivity index (χ3n) is 3.51. The molecule has 1 heterocycles. The van der Waals surface area contributed by atoms with E-state index in [1.54, 1.807) is 0 Å². The second-order valence-electron chi connectivity index (χ2n) is 5.76. The van der Waals surface area contributed by atoms with Crippen molar-refractivity contribution in [1.82, 2.24) is 4.90 Å². The lowest BCUT2D eigenvalue weighted by Crippen LogP contribution is -2.40. The summed E-state index contributed by atoms with van der Waals surface area (Å²) in [5, 5.41) is 8.97. The van der Waals surface area contributed by atoms with Crippen molar-refractivity contribution in [3.63, 3.8) is 0 Å². The Morgan fingerprint density at radius 2 is 2.12 bits per heavy atom. The van der Waals surface area contributed by atoms with Crippen LogP contribution in [0, 0.1) is 11.3 Å². The molecule has 17 heavy (non-hydrogen) atoms. The average Bonchev–Trinajstić information content (AvgIpc) is 2.77. The normalized spacial score (nSPS) is 21.4. The summed E-state index contributed by atoms with van der Waals surface area (Å²) in [6.45, 7) is 7.95. The lowest BCUT2D eigenvalue weighted by Gasteiger charge is -2.37. The zero-order chi connectivity index (χ0) is 12.5. The van der Waals surface area contributed by atoms with Crippen molar-refractivity contribution in [2.45, 2.75) is 45.2 Å². The van der Waals surface area contributed by atoms with Crippen molar-refractivity contribution >= 4 is 0 Å². The van der Waals surface area contributed by atoms with Crippen LogP contribution in [-0.2, 0) is 0 Å². The molecule has 1 fully saturated rings. The van der Waals surface area contributed by atoms with Gasteiger partial charge in [0.2, 0.25) is 0 Å². The summed E-state index contributed by atoms with van der Waals surface area (Å²) in [5.74, 6) is 0. The van der Waals surface area contributed by atoms with E-state index in [-0.39, 0.29) is 5.54 Å². The summed E-state index contributed by atoms with van der Waals surface area (Å²) in [7, 11) is 0. The highest BCUT2D eigenvalue weighted by Crippen LogP contribution is 2.37. The van der Waals surface area contributed by atoms with Gasteiger partial charge >= 0.3 is 0 Å². The van der Waals surface area contributed by atoms with Crippen LogP contribution in [0.3, 0.4) is 0 Å². The average molecular weight is 228 g/mol. The largest absolute Gasteiger partial charge is 0.291 e. The topological polar surface area (TPSA) is 27.0 Å². The first kappa shape index (κ1) is 12.1. The molecule has 90 valence electrons. The Labute approximate surface area is 104 Å². The first-order chi connectivity index (χ1) is 8.02. The van der Waals surface area contributed by atoms with E-state index in [9.17, 15) is 0 Å². The van der Waals surface area contributed by atoms with Gasteiger partial charge in [-0.2, -0.15) is 5.26 Å². The van der Waals surface area contributed by atoms with Gasteiger partial charge in [0, 0.05) is 11.6 Å². The molecule has 1 unspecified atom stereocenters. The predicted molar refractivity (Wildman–Crippen MR) is 69.6 cm³/mol. The SMILES string of the molecule is CC(C)(C)N1CCCC1c1cccc(C#N)c1. The molecule has 2 nitrogen and oxygen atoms in total. The van der Waals surface area contributed by atoms with Crippen LogP contribution >= 0.6 is 0 Å². The van der Waals surface area contributed by atoms with E-state index in [2.05, 4.69) is 37.8 Å². The van der Waals surface area contributed by atoms with Crippen LogP contribution in [0.25, 0.3) is 0 Å². The van der Waals surface area contributed by atoms with Crippen molar-refractivity contribution in [1.29, 1.82) is 5.26 Å². The zero-order valence-electron chi connectivity index (χ0n) is 10.9. The van der Waals surface area contributed by atoms with Gasteiger partial charge in [0.1, 0.15) is 0 Å². The monoisotopic (exact) mass is 228 g/mol. The number of nitriles is 1. The van der Waals surface area contributed by atoms with Crippen molar-refractivity contribution in [2.24, 2.45) is 0 Å². The van der Waals surface area contributed by atoms with Crippen molar-refractivity contribution in [2.75, 3.05) is 6.54 Å². The highest BCUT2D eigenvalue weighted by molar-refractivity contribution is 5.34. The van der Waals surface area contributed by atoms with Crippen molar-refractivity contribution in [3.05, 3.63) is 35.4 Å². The zero-order valence-corrected chi connectivity index (χ0v) is 10.9. The molecule has 2 heteroatoms. The van der Waals surface area contributed by atoms with Crippen molar-refractivity contribution < 1.29 is 0 Å². The molecule has 1 aromatic rings. The first-order valence-corrected chi connectivity index (χ1v) is 6.29. The number of hydrogen-bond acceptors (Lipinski definition) is 2. The Balaban J connectivity index is 2.30. The number of hydrogen-bond donors (Lipinski definition) is 0. The summed E-state index contributed by atoms with van der Waals surface area (Å²) in [5.41, 5.74) is 2.25. The molecule has 2 rings (SSSR count). The van der Waals surface area contributed by atoms with Crippen LogP contribution in [-0.4, -0.2) is 17.0 Å². The maximum Gasteiger partial charge on any atom is 0.0991 e. The fraction of sp³-hybridized carbons (Fsp3) is 0.533. The maximum absolute atomic E-state index is 8.97. The Kier molecular flexibility index (Phi) is 3.22. The Morgan fingerprint density at radius 1 is 1.35 bits per heavy atom. The van der Waals surface area contributed by atoms with Gasteiger partial charge in [-0.25, -0.2) is 0 Å². The molecule has 0 N–H and O–H groups in total. The van der Waals surface area contributed by atoms with E-state index in [1.165, 1.54) is 18.4 Å². The molecular weight excluding hydrogens is 208 g/mol. The predicted octanol–water partition coefficient (Wildman–Crippen LogP) is 3.49. The van der Waals surface area contributed by atoms with Crippen LogP contribution in [0.2, 0.25) is 0 Å². The van der Waals surface area contributed by atoms with Crippen LogP contribution in [0.15, 0.2) is 24.3 Å². The van der Waals surface area contributed by atoms with E-state index >= 15 is 0 Å². The lowest BCUT2D eigenvalue weighted by atomic mass is 9.98. The Bertz CT molecular complexity index is 437. The van der Waals surface area contributed by atoms with E-state index in [4.69, 9.17) is 5.26 Å². The van der Waals surface area contributed by atoms with E-state index in [0.29, 0.717) is 6.04 Å². The van der Waals surface area contributed by atoms with Gasteiger partial charge in [-0.05, 0) is 57.9 Å². The van der Waals surface area contributed by atoms with Crippen LogP contribution in [0.1, 0.15) is 50.8 Å². The minimum Gasteiger partial charge on any atom is -0.291 e. The van der Waals surface area contributed by atoms with Gasteiger partial charge in [-0.15, -0.1) is 0 Å². The molecule has 1 saturated heterocycles. The minimum atomic E-state index is 0.198. The Morgan fingerprint density at radius 3 is 2.76 bits per heavy atom. The molecule has 0 saturated carbocycles. The number of rotatable bonds is 1. The second kappa shape index (κ2) is 4.50. The summed E-state index contributed by atoms with van der Waals surface area (Å²) in [6.07, 6.45) is 2.45. The fourth-order valence-corrected chi connectivity index (χ4v) is 2.73. The first-order valence-electron chi connectivity index (χ1n) is 6.29. The third-order valence-corrected chi connectivity index (χ3v) is 3.51. The summed E-state index contributed by atoms with van der Waals surface area (Å²) in [6, 6.07) is 10.8. The molecule has 0 amide bonds. The number of nitrogens with zero attached hydrogens (tertiary/aromatic N) is 2. The van der Waals surface area contributed by atoms with E-state index < -0.39 is 0 Å². The molecule has 1 atom stereocenters. The van der Waals surface area contributed by atoms with E-state index in [0.717, 1.165) is 12.1 Å². The Hall–Kier alpha value is -1.33. The second-order valence-corrected chi connectivity index (χ2v) is 5.76. The van der Waals surface area contributed by atoms with Crippen LogP contribution < -0.4 is 0 Å². The minimum absolute atomic E-state index is 0.198. The smallest absolute Gasteiger partial charge is 0.0991 e. The van der Waals surface area contributed by atoms with E-state index in [1.807, 2.05) is 18.2 Å². The molecule has 1 aromatic carbocycles. The molecule has 0 spiro atoms. The lowest BCUT2D eigenvalue weighted by molar-refractivity contribution is 0.121. The molecule has 1 aliphatic rings. The standard InChI is InChI=1S/C15H20N2/c1-15(2,3)17-9-5-8-14(17)13-7-4-6-12(10-13)11-16/h4,6-7,10,14H,5,8-9H2,1-3H3. The fourth-order valence-electron chi connectivity index (χ4n) is 2.73. The van der Waals surface area contributed by atoms with Gasteiger partial charge < -0.3 is 0 Å². The summed E-state index contributed by atoms with van der Waals surface area (Å²) < 4.78 is 0. The number of benzene rings is 1. The van der Waals surface area contributed by atoms with Gasteiger partial charge in [0.05, 0.1) is 11.6 Å². The summed E-state index contributed by atoms with van der Waals surface area (Å²) in [4.78, 5) is 2.55. The maximum atomic E-state index is 8.97. The quantitative estimate of drug-likeness (QED) is 0.735. The third kappa shape index (κ3) is 2.50. The molecule has 1 aliphatic heterocycles. The molecule has 0 aromatic heterocycles. The van der Waals surface area contributed by atoms with Crippen LogP contribution in [0.5, 0.6) is 0 Å². The van der Waals surface area contributed by atoms with Gasteiger partial charge in [0.15, 0.2) is 0 Å². The van der Waals surface area contributed by atoms with Gasteiger partial charge in [-0.1, -0.05) is 12.1 Å². The molecule has 0 radical (unpaired) electrons. The molecular formula is C15H20N2. The van der Waals surface area contributed by atoms with Crippen LogP contribution in [0.4, 0.5) is 0 Å². The molecule has 0 aliphatic carbocycles. The molecule has 0 bridgehead atoms. The van der Waals surface area contributed by atoms with Gasteiger partial charge in [-0.3, -0.25) is 4.90 Å². The highest BCUT2D eigenvalue weighted by atomic mass is 15.2. The summed E-state index contributed by atoms with van der Waals surface area (Å²) >= 11 is 0. The number of likely N-dealkylation sites (tertiary alicyclic amines) is 1. The van der Waals surface area contributed by atoms with Crippen molar-refractivity contribution in [3.8, 4) is 6.07 Å².